The van der Waals surface area contributed by atoms with Gasteiger partial charge in [-0.2, -0.15) is 0 Å². The molecule has 1 N–H and O–H groups in total. The van der Waals surface area contributed by atoms with Crippen LogP contribution in [0.3, 0.4) is 0 Å². The number of hydrogen-bond donors (Lipinski definition) is 1. The Hall–Kier alpha value is -1.44. The molecule has 0 aliphatic heterocycles. The maximum atomic E-state index is 13.3. The van der Waals surface area contributed by atoms with Gasteiger partial charge in [0.15, 0.2) is 0 Å². The average Bonchev–Trinajstić information content (AvgIpc) is 3.35. The topological polar surface area (TPSA) is 74.6 Å². The molecule has 186 valence electrons. The molecule has 0 bridgehead atoms. The first kappa shape index (κ1) is 24.7. The fraction of sp³-hybridized carbons (Fsp3) is 0.846. The minimum absolute atomic E-state index is 0.0147. The van der Waals surface area contributed by atoms with E-state index in [0.717, 1.165) is 45.1 Å². The molecule has 3 aliphatic rings. The van der Waals surface area contributed by atoms with Crippen LogP contribution >= 0.6 is 0 Å². The number of amides is 1. The number of imidazole rings is 1. The molecule has 3 saturated carbocycles. The second-order valence-electron chi connectivity index (χ2n) is 10.6. The number of hydrogen-bond acceptors (Lipinski definition) is 5. The lowest BCUT2D eigenvalue weighted by atomic mass is 9.78. The molecular formula is C26H43N3O4. The third-order valence-electron chi connectivity index (χ3n) is 8.05. The van der Waals surface area contributed by atoms with Gasteiger partial charge in [-0.05, 0) is 63.2 Å². The van der Waals surface area contributed by atoms with Crippen LogP contribution in [0.1, 0.15) is 70.6 Å². The Balaban J connectivity index is 1.33. The van der Waals surface area contributed by atoms with E-state index < -0.39 is 0 Å². The Morgan fingerprint density at radius 1 is 0.909 bits per heavy atom. The predicted octanol–water partition coefficient (Wildman–Crippen LogP) is 3.96. The zero-order valence-electron chi connectivity index (χ0n) is 20.5. The molecule has 1 aromatic rings. The van der Waals surface area contributed by atoms with Crippen LogP contribution in [-0.4, -0.2) is 60.6 Å². The van der Waals surface area contributed by atoms with Crippen molar-refractivity contribution in [2.45, 2.75) is 102 Å². The van der Waals surface area contributed by atoms with Crippen molar-refractivity contribution in [1.82, 2.24) is 14.9 Å². The molecule has 7 heteroatoms. The van der Waals surface area contributed by atoms with E-state index in [9.17, 15) is 4.79 Å². The molecule has 4 rings (SSSR count). The lowest BCUT2D eigenvalue weighted by Gasteiger charge is -2.37. The first-order valence-corrected chi connectivity index (χ1v) is 13.1. The summed E-state index contributed by atoms with van der Waals surface area (Å²) in [4.78, 5) is 17.5. The van der Waals surface area contributed by atoms with Crippen molar-refractivity contribution < 1.29 is 19.0 Å². The molecule has 3 fully saturated rings. The zero-order valence-corrected chi connectivity index (χ0v) is 20.5. The average molecular weight is 462 g/mol. The minimum atomic E-state index is 0.0147. The molecule has 0 aromatic carbocycles. The molecule has 5 unspecified atom stereocenters. The highest BCUT2D eigenvalue weighted by molar-refractivity contribution is 5.78. The van der Waals surface area contributed by atoms with Gasteiger partial charge in [-0.1, -0.05) is 19.3 Å². The lowest BCUT2D eigenvalue weighted by molar-refractivity contribution is -0.131. The highest BCUT2D eigenvalue weighted by Gasteiger charge is 2.36. The summed E-state index contributed by atoms with van der Waals surface area (Å²) < 4.78 is 19.9. The van der Waals surface area contributed by atoms with E-state index in [-0.39, 0.29) is 30.1 Å². The molecule has 5 atom stereocenters. The van der Waals surface area contributed by atoms with E-state index >= 15 is 0 Å². The highest BCUT2D eigenvalue weighted by atomic mass is 16.5. The second-order valence-corrected chi connectivity index (χ2v) is 10.6. The van der Waals surface area contributed by atoms with Gasteiger partial charge in [0.05, 0.1) is 30.7 Å². The Labute approximate surface area is 198 Å². The summed E-state index contributed by atoms with van der Waals surface area (Å²) in [6, 6.07) is 0. The van der Waals surface area contributed by atoms with Crippen molar-refractivity contribution in [3.63, 3.8) is 0 Å². The van der Waals surface area contributed by atoms with Crippen LogP contribution in [-0.2, 0) is 25.5 Å². The van der Waals surface area contributed by atoms with Gasteiger partial charge in [0.25, 0.3) is 0 Å². The largest absolute Gasteiger partial charge is 0.381 e. The Kier molecular flexibility index (Phi) is 9.21. The number of methoxy groups -OCH3 is 2. The van der Waals surface area contributed by atoms with Crippen molar-refractivity contribution in [3.05, 3.63) is 18.7 Å². The van der Waals surface area contributed by atoms with Crippen molar-refractivity contribution in [3.8, 4) is 0 Å². The number of carbonyl (C=O) groups excluding carboxylic acids is 1. The first-order chi connectivity index (χ1) is 16.1. The molecule has 0 spiro atoms. The summed E-state index contributed by atoms with van der Waals surface area (Å²) in [5, 5.41) is 3.29. The van der Waals surface area contributed by atoms with Crippen LogP contribution in [0.4, 0.5) is 0 Å². The number of aromatic nitrogens is 2. The Morgan fingerprint density at radius 3 is 2.30 bits per heavy atom. The third-order valence-corrected chi connectivity index (χ3v) is 8.05. The standard InChI is InChI=1S/C26H43N3O4/c1-31-23-11-19(12-24(15-23)32-2)16-28-26(30)21-10-20(17-29-9-8-27-18-29)13-25(14-21)33-22-6-4-3-5-7-22/h8-9,18-25H,3-7,10-17H2,1-2H3,(H,28,30). The van der Waals surface area contributed by atoms with Crippen LogP contribution in [0.5, 0.6) is 0 Å². The van der Waals surface area contributed by atoms with Crippen molar-refractivity contribution in [2.24, 2.45) is 17.8 Å². The maximum absolute atomic E-state index is 13.3. The summed E-state index contributed by atoms with van der Waals surface area (Å²) >= 11 is 0. The molecule has 0 radical (unpaired) electrons. The van der Waals surface area contributed by atoms with Crippen molar-refractivity contribution in [1.29, 1.82) is 0 Å². The Morgan fingerprint density at radius 2 is 1.64 bits per heavy atom. The fourth-order valence-electron chi connectivity index (χ4n) is 6.29. The molecule has 1 aromatic heterocycles. The van der Waals surface area contributed by atoms with E-state index in [1.54, 1.807) is 14.2 Å². The van der Waals surface area contributed by atoms with Gasteiger partial charge < -0.3 is 24.1 Å². The van der Waals surface area contributed by atoms with Gasteiger partial charge in [-0.3, -0.25) is 4.79 Å². The molecular weight excluding hydrogens is 418 g/mol. The lowest BCUT2D eigenvalue weighted by Crippen LogP contribution is -2.43. The van der Waals surface area contributed by atoms with Crippen LogP contribution in [0.15, 0.2) is 18.7 Å². The van der Waals surface area contributed by atoms with Gasteiger partial charge in [-0.15, -0.1) is 0 Å². The smallest absolute Gasteiger partial charge is 0.223 e. The predicted molar refractivity (Wildman–Crippen MR) is 127 cm³/mol. The normalized spacial score (nSPS) is 33.6. The summed E-state index contributed by atoms with van der Waals surface area (Å²) in [5.74, 6) is 1.04. The molecule has 3 aliphatic carbocycles. The number of nitrogens with zero attached hydrogens (tertiary/aromatic N) is 2. The van der Waals surface area contributed by atoms with Crippen molar-refractivity contribution in [2.75, 3.05) is 20.8 Å². The number of nitrogens with one attached hydrogen (secondary N) is 1. The zero-order chi connectivity index (χ0) is 23.0. The van der Waals surface area contributed by atoms with E-state index in [1.807, 2.05) is 18.7 Å². The highest BCUT2D eigenvalue weighted by Crippen LogP contribution is 2.35. The van der Waals surface area contributed by atoms with Gasteiger partial charge in [-0.25, -0.2) is 4.98 Å². The molecule has 7 nitrogen and oxygen atoms in total. The van der Waals surface area contributed by atoms with Gasteiger partial charge in [0.2, 0.25) is 5.91 Å². The van der Waals surface area contributed by atoms with Crippen LogP contribution < -0.4 is 5.32 Å². The van der Waals surface area contributed by atoms with E-state index in [4.69, 9.17) is 14.2 Å². The van der Waals surface area contributed by atoms with Gasteiger partial charge in [0, 0.05) is 45.6 Å². The van der Waals surface area contributed by atoms with E-state index in [1.165, 1.54) is 32.1 Å². The summed E-state index contributed by atoms with van der Waals surface area (Å²) in [6.07, 6.45) is 18.6. The minimum Gasteiger partial charge on any atom is -0.381 e. The van der Waals surface area contributed by atoms with Crippen molar-refractivity contribution >= 4 is 5.91 Å². The molecule has 33 heavy (non-hydrogen) atoms. The summed E-state index contributed by atoms with van der Waals surface area (Å²) in [7, 11) is 3.54. The SMILES string of the molecule is COC1CC(CNC(=O)C2CC(Cn3ccnc3)CC(OC3CCCCC3)C2)CC(OC)C1. The number of ether oxygens (including phenoxy) is 3. The fourth-order valence-corrected chi connectivity index (χ4v) is 6.29. The van der Waals surface area contributed by atoms with Gasteiger partial charge >= 0.3 is 0 Å². The molecule has 1 heterocycles. The molecule has 0 saturated heterocycles. The van der Waals surface area contributed by atoms with Gasteiger partial charge in [0.1, 0.15) is 0 Å². The monoisotopic (exact) mass is 461 g/mol. The van der Waals surface area contributed by atoms with Crippen LogP contribution in [0.25, 0.3) is 0 Å². The summed E-state index contributed by atoms with van der Waals surface area (Å²) in [5.41, 5.74) is 0. The third kappa shape index (κ3) is 7.27. The maximum Gasteiger partial charge on any atom is 0.223 e. The molecule has 1 amide bonds. The first-order valence-electron chi connectivity index (χ1n) is 13.1. The second kappa shape index (κ2) is 12.3. The van der Waals surface area contributed by atoms with Crippen LogP contribution in [0.2, 0.25) is 0 Å². The number of carbonyl (C=O) groups is 1. The summed E-state index contributed by atoms with van der Waals surface area (Å²) in [6.45, 7) is 1.61. The van der Waals surface area contributed by atoms with Crippen LogP contribution in [0, 0.1) is 17.8 Å². The quantitative estimate of drug-likeness (QED) is 0.602. The number of rotatable bonds is 9. The Bertz CT molecular complexity index is 694. The van der Waals surface area contributed by atoms with E-state index in [2.05, 4.69) is 14.9 Å². The van der Waals surface area contributed by atoms with E-state index in [0.29, 0.717) is 24.5 Å².